The summed E-state index contributed by atoms with van der Waals surface area (Å²) in [6.07, 6.45) is 0. The molecule has 2 rings (SSSR count). The van der Waals surface area contributed by atoms with Crippen LogP contribution in [0.4, 0.5) is 11.4 Å². The topological polar surface area (TPSA) is 108 Å². The van der Waals surface area contributed by atoms with Gasteiger partial charge in [-0.2, -0.15) is 0 Å². The standard InChI is InChI=1S/C18H18N2O6/c1-12(2)18(22)19-13-4-3-5-16(10-13)25-11-17(21)26-15-8-6-14(7-9-15)20(23)24/h3-10,12H,11H2,1-2H3,(H,19,22). The maximum absolute atomic E-state index is 11.8. The number of esters is 1. The van der Waals surface area contributed by atoms with Gasteiger partial charge in [0, 0.05) is 29.8 Å². The van der Waals surface area contributed by atoms with Gasteiger partial charge < -0.3 is 14.8 Å². The van der Waals surface area contributed by atoms with Gasteiger partial charge in [0.2, 0.25) is 5.91 Å². The zero-order chi connectivity index (χ0) is 19.1. The van der Waals surface area contributed by atoms with E-state index in [9.17, 15) is 19.7 Å². The molecule has 0 unspecified atom stereocenters. The third kappa shape index (κ3) is 5.59. The molecule has 0 saturated carbocycles. The second kappa shape index (κ2) is 8.61. The molecule has 0 aliphatic rings. The lowest BCUT2D eigenvalue weighted by Gasteiger charge is -2.10. The van der Waals surface area contributed by atoms with Crippen LogP contribution in [0.25, 0.3) is 0 Å². The average molecular weight is 358 g/mol. The third-order valence-electron chi connectivity index (χ3n) is 3.26. The van der Waals surface area contributed by atoms with Crippen LogP contribution >= 0.6 is 0 Å². The van der Waals surface area contributed by atoms with Crippen molar-refractivity contribution in [3.8, 4) is 11.5 Å². The van der Waals surface area contributed by atoms with Gasteiger partial charge in [-0.1, -0.05) is 19.9 Å². The molecular formula is C18H18N2O6. The first kappa shape index (κ1) is 18.9. The van der Waals surface area contributed by atoms with Crippen LogP contribution < -0.4 is 14.8 Å². The van der Waals surface area contributed by atoms with Crippen LogP contribution in [0.1, 0.15) is 13.8 Å². The van der Waals surface area contributed by atoms with Crippen LogP contribution in [-0.4, -0.2) is 23.4 Å². The Morgan fingerprint density at radius 2 is 1.81 bits per heavy atom. The number of carbonyl (C=O) groups excluding carboxylic acids is 2. The highest BCUT2D eigenvalue weighted by molar-refractivity contribution is 5.92. The maximum Gasteiger partial charge on any atom is 0.349 e. The molecule has 0 heterocycles. The van der Waals surface area contributed by atoms with E-state index in [1.807, 2.05) is 0 Å². The first-order valence-corrected chi connectivity index (χ1v) is 7.84. The summed E-state index contributed by atoms with van der Waals surface area (Å²) in [6, 6.07) is 11.8. The number of non-ortho nitro benzene ring substituents is 1. The zero-order valence-corrected chi connectivity index (χ0v) is 14.3. The molecular weight excluding hydrogens is 340 g/mol. The molecule has 0 radical (unpaired) electrons. The molecule has 0 aliphatic heterocycles. The number of hydrogen-bond acceptors (Lipinski definition) is 6. The van der Waals surface area contributed by atoms with Crippen molar-refractivity contribution >= 4 is 23.3 Å². The lowest BCUT2D eigenvalue weighted by atomic mass is 10.2. The molecule has 8 heteroatoms. The van der Waals surface area contributed by atoms with Gasteiger partial charge in [0.15, 0.2) is 6.61 Å². The van der Waals surface area contributed by atoms with Crippen molar-refractivity contribution in [3.05, 3.63) is 58.6 Å². The summed E-state index contributed by atoms with van der Waals surface area (Å²) in [4.78, 5) is 33.5. The van der Waals surface area contributed by atoms with Crippen LogP contribution in [-0.2, 0) is 9.59 Å². The van der Waals surface area contributed by atoms with E-state index in [0.29, 0.717) is 11.4 Å². The van der Waals surface area contributed by atoms with E-state index in [1.165, 1.54) is 24.3 Å². The molecule has 8 nitrogen and oxygen atoms in total. The molecule has 1 amide bonds. The summed E-state index contributed by atoms with van der Waals surface area (Å²) < 4.78 is 10.4. The van der Waals surface area contributed by atoms with Crippen molar-refractivity contribution in [1.29, 1.82) is 0 Å². The number of carbonyl (C=O) groups is 2. The van der Waals surface area contributed by atoms with E-state index in [1.54, 1.807) is 38.1 Å². The first-order valence-electron chi connectivity index (χ1n) is 7.84. The molecule has 0 aromatic heterocycles. The summed E-state index contributed by atoms with van der Waals surface area (Å²) in [5.74, 6) is -0.360. The summed E-state index contributed by atoms with van der Waals surface area (Å²) in [6.45, 7) is 3.21. The molecule has 2 aromatic rings. The Hall–Kier alpha value is -3.42. The van der Waals surface area contributed by atoms with Crippen molar-refractivity contribution in [2.24, 2.45) is 5.92 Å². The quantitative estimate of drug-likeness (QED) is 0.352. The highest BCUT2D eigenvalue weighted by atomic mass is 16.6. The third-order valence-corrected chi connectivity index (χ3v) is 3.26. The lowest BCUT2D eigenvalue weighted by molar-refractivity contribution is -0.384. The lowest BCUT2D eigenvalue weighted by Crippen LogP contribution is -2.19. The fraction of sp³-hybridized carbons (Fsp3) is 0.222. The minimum Gasteiger partial charge on any atom is -0.482 e. The molecule has 0 fully saturated rings. The largest absolute Gasteiger partial charge is 0.482 e. The van der Waals surface area contributed by atoms with Gasteiger partial charge in [-0.15, -0.1) is 0 Å². The van der Waals surface area contributed by atoms with Crippen molar-refractivity contribution in [3.63, 3.8) is 0 Å². The Labute approximate surface area is 149 Å². The summed E-state index contributed by atoms with van der Waals surface area (Å²) in [7, 11) is 0. The molecule has 0 aliphatic carbocycles. The van der Waals surface area contributed by atoms with Gasteiger partial charge in [-0.25, -0.2) is 4.79 Å². The van der Waals surface area contributed by atoms with E-state index < -0.39 is 10.9 Å². The van der Waals surface area contributed by atoms with Gasteiger partial charge in [0.25, 0.3) is 5.69 Å². The molecule has 136 valence electrons. The van der Waals surface area contributed by atoms with Crippen LogP contribution in [0.2, 0.25) is 0 Å². The van der Waals surface area contributed by atoms with Crippen molar-refractivity contribution in [1.82, 2.24) is 0 Å². The van der Waals surface area contributed by atoms with Crippen molar-refractivity contribution in [2.75, 3.05) is 11.9 Å². The smallest absolute Gasteiger partial charge is 0.349 e. The van der Waals surface area contributed by atoms with E-state index in [2.05, 4.69) is 5.32 Å². The number of amides is 1. The molecule has 0 bridgehead atoms. The van der Waals surface area contributed by atoms with E-state index in [4.69, 9.17) is 9.47 Å². The maximum atomic E-state index is 11.8. The number of nitro benzene ring substituents is 1. The minimum absolute atomic E-state index is 0.0960. The second-order valence-electron chi connectivity index (χ2n) is 5.69. The van der Waals surface area contributed by atoms with E-state index in [0.717, 1.165) is 0 Å². The number of hydrogen-bond donors (Lipinski definition) is 1. The molecule has 26 heavy (non-hydrogen) atoms. The van der Waals surface area contributed by atoms with Crippen LogP contribution in [0.3, 0.4) is 0 Å². The molecule has 1 N–H and O–H groups in total. The SMILES string of the molecule is CC(C)C(=O)Nc1cccc(OCC(=O)Oc2ccc([N+](=O)[O-])cc2)c1. The zero-order valence-electron chi connectivity index (χ0n) is 14.3. The van der Waals surface area contributed by atoms with Crippen molar-refractivity contribution < 1.29 is 24.0 Å². The van der Waals surface area contributed by atoms with Gasteiger partial charge in [0.05, 0.1) is 4.92 Å². The number of rotatable bonds is 7. The predicted molar refractivity (Wildman–Crippen MR) is 94.1 cm³/mol. The number of anilines is 1. The Kier molecular flexibility index (Phi) is 6.26. The van der Waals surface area contributed by atoms with Gasteiger partial charge >= 0.3 is 5.97 Å². The van der Waals surface area contributed by atoms with Crippen molar-refractivity contribution in [2.45, 2.75) is 13.8 Å². The average Bonchev–Trinajstić information content (AvgIpc) is 2.60. The number of benzene rings is 2. The van der Waals surface area contributed by atoms with E-state index in [-0.39, 0.29) is 29.9 Å². The predicted octanol–water partition coefficient (Wildman–Crippen LogP) is 3.17. The van der Waals surface area contributed by atoms with Crippen LogP contribution in [0.5, 0.6) is 11.5 Å². The molecule has 0 saturated heterocycles. The van der Waals surface area contributed by atoms with Gasteiger partial charge in [-0.05, 0) is 24.3 Å². The van der Waals surface area contributed by atoms with Gasteiger partial charge in [-0.3, -0.25) is 14.9 Å². The number of nitrogens with one attached hydrogen (secondary N) is 1. The monoisotopic (exact) mass is 358 g/mol. The Morgan fingerprint density at radius 1 is 1.12 bits per heavy atom. The minimum atomic E-state index is -0.657. The number of nitro groups is 1. The first-order chi connectivity index (χ1) is 12.3. The summed E-state index contributed by atoms with van der Waals surface area (Å²) >= 11 is 0. The summed E-state index contributed by atoms with van der Waals surface area (Å²) in [5, 5.41) is 13.3. The number of nitrogens with zero attached hydrogens (tertiary/aromatic N) is 1. The Balaban J connectivity index is 1.88. The Morgan fingerprint density at radius 3 is 2.42 bits per heavy atom. The molecule has 0 spiro atoms. The molecule has 2 aromatic carbocycles. The fourth-order valence-electron chi connectivity index (χ4n) is 1.89. The van der Waals surface area contributed by atoms with Crippen LogP contribution in [0, 0.1) is 16.0 Å². The van der Waals surface area contributed by atoms with Gasteiger partial charge in [0.1, 0.15) is 11.5 Å². The normalized spacial score (nSPS) is 10.3. The fourth-order valence-corrected chi connectivity index (χ4v) is 1.89. The second-order valence-corrected chi connectivity index (χ2v) is 5.69. The summed E-state index contributed by atoms with van der Waals surface area (Å²) in [5.41, 5.74) is 0.464. The van der Waals surface area contributed by atoms with Crippen LogP contribution in [0.15, 0.2) is 48.5 Å². The molecule has 0 atom stereocenters. The van der Waals surface area contributed by atoms with E-state index >= 15 is 0 Å². The Bertz CT molecular complexity index is 802. The number of ether oxygens (including phenoxy) is 2. The highest BCUT2D eigenvalue weighted by Crippen LogP contribution is 2.19. The highest BCUT2D eigenvalue weighted by Gasteiger charge is 2.10.